The molecule has 30 heavy (non-hydrogen) atoms. The van der Waals surface area contributed by atoms with Gasteiger partial charge in [0.25, 0.3) is 5.91 Å². The molecular formula is C22H30N4O4. The Hall–Kier alpha value is -3.08. The van der Waals surface area contributed by atoms with Crippen LogP contribution in [0.25, 0.3) is 0 Å². The highest BCUT2D eigenvalue weighted by molar-refractivity contribution is 5.94. The Morgan fingerprint density at radius 3 is 2.43 bits per heavy atom. The number of carbonyl (C=O) groups excluding carboxylic acids is 3. The smallest absolute Gasteiger partial charge is 0.407 e. The molecular weight excluding hydrogens is 384 g/mol. The third kappa shape index (κ3) is 6.48. The Balaban J connectivity index is 2.15. The van der Waals surface area contributed by atoms with Gasteiger partial charge in [-0.25, -0.2) is 4.79 Å². The summed E-state index contributed by atoms with van der Waals surface area (Å²) in [5.74, 6) is -0.571. The molecule has 1 aliphatic rings. The van der Waals surface area contributed by atoms with E-state index in [1.54, 1.807) is 58.0 Å². The zero-order chi connectivity index (χ0) is 22.5. The summed E-state index contributed by atoms with van der Waals surface area (Å²) in [6.07, 6.45) is 0.955. The fraction of sp³-hybridized carbons (Fsp3) is 0.545. The minimum atomic E-state index is -0.659. The molecule has 2 N–H and O–H groups in total. The van der Waals surface area contributed by atoms with Crippen LogP contribution < -0.4 is 10.6 Å². The van der Waals surface area contributed by atoms with Gasteiger partial charge in [0.15, 0.2) is 0 Å². The van der Waals surface area contributed by atoms with Crippen LogP contribution in [0.15, 0.2) is 24.3 Å². The summed E-state index contributed by atoms with van der Waals surface area (Å²) in [6.45, 7) is 5.31. The zero-order valence-corrected chi connectivity index (χ0v) is 18.2. The van der Waals surface area contributed by atoms with Crippen LogP contribution in [0.5, 0.6) is 0 Å². The Bertz CT molecular complexity index is 838. The van der Waals surface area contributed by atoms with Crippen LogP contribution in [0, 0.1) is 17.2 Å². The molecule has 3 atom stereocenters. The van der Waals surface area contributed by atoms with E-state index in [4.69, 9.17) is 10.00 Å². The molecule has 1 aromatic rings. The van der Waals surface area contributed by atoms with Gasteiger partial charge in [-0.15, -0.1) is 0 Å². The van der Waals surface area contributed by atoms with Crippen LogP contribution in [-0.4, -0.2) is 54.6 Å². The van der Waals surface area contributed by atoms with Crippen LogP contribution in [0.3, 0.4) is 0 Å². The van der Waals surface area contributed by atoms with Crippen LogP contribution in [0.2, 0.25) is 0 Å². The maximum absolute atomic E-state index is 12.7. The van der Waals surface area contributed by atoms with Crippen LogP contribution in [-0.2, 0) is 9.53 Å². The van der Waals surface area contributed by atoms with Crippen molar-refractivity contribution in [2.75, 3.05) is 14.1 Å². The molecule has 1 saturated carbocycles. The summed E-state index contributed by atoms with van der Waals surface area (Å²) in [5, 5.41) is 14.8. The van der Waals surface area contributed by atoms with Gasteiger partial charge in [0, 0.05) is 31.6 Å². The molecule has 1 aliphatic carbocycles. The minimum Gasteiger partial charge on any atom is -0.444 e. The van der Waals surface area contributed by atoms with Crippen LogP contribution in [0.1, 0.15) is 56.0 Å². The van der Waals surface area contributed by atoms with Crippen molar-refractivity contribution in [1.82, 2.24) is 15.5 Å². The normalized spacial score (nSPS) is 21.1. The van der Waals surface area contributed by atoms with E-state index in [9.17, 15) is 14.4 Å². The van der Waals surface area contributed by atoms with E-state index in [1.165, 1.54) is 6.07 Å². The Morgan fingerprint density at radius 1 is 1.13 bits per heavy atom. The van der Waals surface area contributed by atoms with Crippen molar-refractivity contribution in [3.05, 3.63) is 35.4 Å². The number of hydrogen-bond donors (Lipinski definition) is 2. The highest BCUT2D eigenvalue weighted by Gasteiger charge is 2.37. The van der Waals surface area contributed by atoms with Gasteiger partial charge in [0.1, 0.15) is 5.60 Å². The van der Waals surface area contributed by atoms with E-state index < -0.39 is 17.7 Å². The molecule has 0 aliphatic heterocycles. The summed E-state index contributed by atoms with van der Waals surface area (Å²) in [7, 11) is 3.41. The minimum absolute atomic E-state index is 0.00233. The highest BCUT2D eigenvalue weighted by Crippen LogP contribution is 2.27. The van der Waals surface area contributed by atoms with Gasteiger partial charge < -0.3 is 20.3 Å². The Kier molecular flexibility index (Phi) is 7.43. The number of amides is 3. The molecule has 1 fully saturated rings. The fourth-order valence-electron chi connectivity index (χ4n) is 3.53. The van der Waals surface area contributed by atoms with Gasteiger partial charge in [-0.1, -0.05) is 6.07 Å². The summed E-state index contributed by atoms with van der Waals surface area (Å²) in [6, 6.07) is 7.63. The lowest BCUT2D eigenvalue weighted by Gasteiger charge is -2.37. The lowest BCUT2D eigenvalue weighted by Crippen LogP contribution is -2.56. The molecule has 0 heterocycles. The number of hydrogen-bond acceptors (Lipinski definition) is 5. The largest absolute Gasteiger partial charge is 0.444 e. The number of carbonyl (C=O) groups is 3. The van der Waals surface area contributed by atoms with Gasteiger partial charge in [-0.2, -0.15) is 5.26 Å². The zero-order valence-electron chi connectivity index (χ0n) is 18.2. The molecule has 0 saturated heterocycles. The number of nitrogens with zero attached hydrogens (tertiary/aromatic N) is 2. The van der Waals surface area contributed by atoms with Crippen LogP contribution in [0.4, 0.5) is 4.79 Å². The first-order chi connectivity index (χ1) is 14.0. The van der Waals surface area contributed by atoms with Crippen molar-refractivity contribution >= 4 is 17.9 Å². The van der Waals surface area contributed by atoms with E-state index in [-0.39, 0.29) is 23.8 Å². The molecule has 8 heteroatoms. The quantitative estimate of drug-likeness (QED) is 0.786. The predicted octanol–water partition coefficient (Wildman–Crippen LogP) is 2.44. The van der Waals surface area contributed by atoms with Crippen molar-refractivity contribution in [2.24, 2.45) is 5.92 Å². The molecule has 8 nitrogen and oxygen atoms in total. The van der Waals surface area contributed by atoms with Crippen molar-refractivity contribution in [1.29, 1.82) is 5.26 Å². The predicted molar refractivity (Wildman–Crippen MR) is 112 cm³/mol. The Morgan fingerprint density at radius 2 is 1.83 bits per heavy atom. The van der Waals surface area contributed by atoms with E-state index in [1.807, 2.05) is 6.07 Å². The molecule has 0 spiro atoms. The highest BCUT2D eigenvalue weighted by atomic mass is 16.6. The number of ether oxygens (including phenoxy) is 1. The number of alkyl carbamates (subject to hydrolysis) is 1. The van der Waals surface area contributed by atoms with Gasteiger partial charge in [-0.3, -0.25) is 9.59 Å². The van der Waals surface area contributed by atoms with Gasteiger partial charge >= 0.3 is 6.09 Å². The second-order valence-corrected chi connectivity index (χ2v) is 8.77. The number of nitriles is 1. The standard InChI is InChI=1S/C22H30N4O4/c1-22(2,3)30-21(29)25-18-12-16(20(28)26(4)5)9-10-17(18)24-19(27)15-8-6-7-14(11-15)13-23/h6-8,11,16-18H,9-10,12H2,1-5H3,(H,24,27)(H,25,29)/t16-,17-,18+/m0/s1. The Labute approximate surface area is 177 Å². The van der Waals surface area contributed by atoms with Gasteiger partial charge in [-0.05, 0) is 58.2 Å². The first-order valence-electron chi connectivity index (χ1n) is 10.0. The third-order valence-electron chi connectivity index (χ3n) is 4.91. The van der Waals surface area contributed by atoms with Gasteiger partial charge in [0.05, 0.1) is 17.7 Å². The van der Waals surface area contributed by atoms with E-state index in [0.717, 1.165) is 0 Å². The average Bonchev–Trinajstić information content (AvgIpc) is 2.67. The molecule has 3 amide bonds. The number of benzene rings is 1. The summed E-state index contributed by atoms with van der Waals surface area (Å²) in [5.41, 5.74) is 0.108. The lowest BCUT2D eigenvalue weighted by atomic mass is 9.81. The van der Waals surface area contributed by atoms with E-state index in [2.05, 4.69) is 10.6 Å². The van der Waals surface area contributed by atoms with Crippen molar-refractivity contribution in [3.63, 3.8) is 0 Å². The summed E-state index contributed by atoms with van der Waals surface area (Å²) >= 11 is 0. The first-order valence-corrected chi connectivity index (χ1v) is 10.0. The number of rotatable bonds is 4. The molecule has 2 rings (SSSR count). The molecule has 0 bridgehead atoms. The second kappa shape index (κ2) is 9.61. The monoisotopic (exact) mass is 414 g/mol. The molecule has 0 radical (unpaired) electrons. The number of nitrogens with one attached hydrogen (secondary N) is 2. The van der Waals surface area contributed by atoms with Gasteiger partial charge in [0.2, 0.25) is 5.91 Å². The molecule has 0 unspecified atom stereocenters. The second-order valence-electron chi connectivity index (χ2n) is 8.77. The van der Waals surface area contributed by atoms with Crippen molar-refractivity contribution < 1.29 is 19.1 Å². The molecule has 1 aromatic carbocycles. The van der Waals surface area contributed by atoms with Crippen molar-refractivity contribution in [2.45, 2.75) is 57.7 Å². The average molecular weight is 415 g/mol. The maximum Gasteiger partial charge on any atom is 0.407 e. The fourth-order valence-corrected chi connectivity index (χ4v) is 3.53. The summed E-state index contributed by atoms with van der Waals surface area (Å²) < 4.78 is 5.36. The van der Waals surface area contributed by atoms with Crippen molar-refractivity contribution in [3.8, 4) is 6.07 Å². The first kappa shape index (κ1) is 23.2. The maximum atomic E-state index is 12.7. The van der Waals surface area contributed by atoms with E-state index >= 15 is 0 Å². The van der Waals surface area contributed by atoms with E-state index in [0.29, 0.717) is 30.4 Å². The molecule has 162 valence electrons. The SMILES string of the molecule is CN(C)C(=O)[C@H]1CC[C@H](NC(=O)c2cccc(C#N)c2)[C@H](NC(=O)OC(C)(C)C)C1. The van der Waals surface area contributed by atoms with Crippen LogP contribution >= 0.6 is 0 Å². The lowest BCUT2D eigenvalue weighted by molar-refractivity contribution is -0.134. The molecule has 0 aromatic heterocycles. The summed E-state index contributed by atoms with van der Waals surface area (Å²) in [4.78, 5) is 39.1. The third-order valence-corrected chi connectivity index (χ3v) is 4.91. The topological polar surface area (TPSA) is 112 Å².